The van der Waals surface area contributed by atoms with E-state index in [1.807, 2.05) is 30.5 Å². The van der Waals surface area contributed by atoms with Crippen molar-refractivity contribution in [2.75, 3.05) is 0 Å². The van der Waals surface area contributed by atoms with Gasteiger partial charge in [0.15, 0.2) is 0 Å². The molecule has 1 heterocycles. The molecule has 2 rings (SSSR count). The number of aromatic nitrogens is 1. The van der Waals surface area contributed by atoms with Crippen molar-refractivity contribution in [3.63, 3.8) is 0 Å². The molecule has 0 saturated heterocycles. The Morgan fingerprint density at radius 2 is 1.95 bits per heavy atom. The lowest BCUT2D eigenvalue weighted by Gasteiger charge is -2.28. The Hall–Kier alpha value is -1.81. The van der Waals surface area contributed by atoms with E-state index in [0.29, 0.717) is 0 Å². The minimum atomic E-state index is -0.938. The molecule has 0 radical (unpaired) electrons. The van der Waals surface area contributed by atoms with Gasteiger partial charge in [0, 0.05) is 23.0 Å². The minimum Gasteiger partial charge on any atom is -0.480 e. The lowest BCUT2D eigenvalue weighted by molar-refractivity contribution is -0.139. The highest BCUT2D eigenvalue weighted by Gasteiger charge is 2.32. The zero-order chi connectivity index (χ0) is 14.7. The molecular weight excluding hydrogens is 252 g/mol. The zero-order valence-corrected chi connectivity index (χ0v) is 12.0. The number of nitrogens with two attached hydrogens (primary N) is 1. The molecule has 2 atom stereocenters. The number of rotatable bonds is 6. The van der Waals surface area contributed by atoms with Crippen LogP contribution >= 0.6 is 0 Å². The molecular formula is C16H22N2O2. The van der Waals surface area contributed by atoms with E-state index in [0.717, 1.165) is 29.3 Å². The maximum atomic E-state index is 11.4. The maximum Gasteiger partial charge on any atom is 0.321 e. The van der Waals surface area contributed by atoms with Gasteiger partial charge in [-0.25, -0.2) is 0 Å². The fourth-order valence-electron chi connectivity index (χ4n) is 3.06. The first kappa shape index (κ1) is 14.6. The van der Waals surface area contributed by atoms with E-state index in [9.17, 15) is 9.90 Å². The normalized spacial score (nSPS) is 14.6. The summed E-state index contributed by atoms with van der Waals surface area (Å²) in [6.45, 7) is 4.18. The van der Waals surface area contributed by atoms with Crippen LogP contribution in [0.4, 0.5) is 0 Å². The van der Waals surface area contributed by atoms with Crippen molar-refractivity contribution < 1.29 is 9.90 Å². The first-order valence-corrected chi connectivity index (χ1v) is 7.14. The zero-order valence-electron chi connectivity index (χ0n) is 12.0. The third-order valence-electron chi connectivity index (χ3n) is 4.21. The minimum absolute atomic E-state index is 0.168. The lowest BCUT2D eigenvalue weighted by atomic mass is 9.78. The quantitative estimate of drug-likeness (QED) is 0.757. The SMILES string of the molecule is CCC(CC)[C@H](c1c[nH]c2ccccc12)[C@H](N)C(=O)O. The van der Waals surface area contributed by atoms with Gasteiger partial charge in [-0.05, 0) is 17.5 Å². The molecule has 0 fully saturated rings. The predicted octanol–water partition coefficient (Wildman–Crippen LogP) is 3.10. The molecule has 0 unspecified atom stereocenters. The highest BCUT2D eigenvalue weighted by Crippen LogP contribution is 2.36. The van der Waals surface area contributed by atoms with Gasteiger partial charge in [0.05, 0.1) is 0 Å². The summed E-state index contributed by atoms with van der Waals surface area (Å²) in [6.07, 6.45) is 3.75. The topological polar surface area (TPSA) is 79.1 Å². The van der Waals surface area contributed by atoms with E-state index in [1.54, 1.807) is 0 Å². The Kier molecular flexibility index (Phi) is 4.45. The average molecular weight is 274 g/mol. The van der Waals surface area contributed by atoms with Crippen LogP contribution in [-0.2, 0) is 4.79 Å². The van der Waals surface area contributed by atoms with Crippen molar-refractivity contribution in [3.8, 4) is 0 Å². The lowest BCUT2D eigenvalue weighted by Crippen LogP contribution is -2.39. The Bertz CT molecular complexity index is 587. The molecule has 20 heavy (non-hydrogen) atoms. The number of hydrogen-bond donors (Lipinski definition) is 3. The van der Waals surface area contributed by atoms with Crippen molar-refractivity contribution in [1.82, 2.24) is 4.98 Å². The van der Waals surface area contributed by atoms with Crippen LogP contribution in [0.3, 0.4) is 0 Å². The highest BCUT2D eigenvalue weighted by molar-refractivity contribution is 5.85. The number of carboxylic acid groups (broad SMARTS) is 1. The van der Waals surface area contributed by atoms with Crippen LogP contribution in [0.5, 0.6) is 0 Å². The van der Waals surface area contributed by atoms with Crippen LogP contribution in [0, 0.1) is 5.92 Å². The number of carbonyl (C=O) groups is 1. The Balaban J connectivity index is 2.52. The number of benzene rings is 1. The molecule has 0 bridgehead atoms. The van der Waals surface area contributed by atoms with Crippen molar-refractivity contribution in [1.29, 1.82) is 0 Å². The number of aliphatic carboxylic acids is 1. The van der Waals surface area contributed by atoms with Crippen LogP contribution in [-0.4, -0.2) is 22.1 Å². The Morgan fingerprint density at radius 1 is 1.30 bits per heavy atom. The summed E-state index contributed by atoms with van der Waals surface area (Å²) < 4.78 is 0. The second-order valence-corrected chi connectivity index (χ2v) is 5.26. The molecule has 0 amide bonds. The summed E-state index contributed by atoms with van der Waals surface area (Å²) >= 11 is 0. The van der Waals surface area contributed by atoms with Crippen molar-refractivity contribution in [3.05, 3.63) is 36.0 Å². The first-order chi connectivity index (χ1) is 9.60. The van der Waals surface area contributed by atoms with Crippen molar-refractivity contribution in [2.45, 2.75) is 38.6 Å². The number of carboxylic acids is 1. The van der Waals surface area contributed by atoms with Crippen molar-refractivity contribution in [2.24, 2.45) is 11.7 Å². The molecule has 0 aliphatic heterocycles. The molecule has 4 nitrogen and oxygen atoms in total. The Labute approximate surface area is 119 Å². The summed E-state index contributed by atoms with van der Waals surface area (Å²) in [5.74, 6) is -0.842. The molecule has 1 aromatic heterocycles. The third kappa shape index (κ3) is 2.56. The average Bonchev–Trinajstić information content (AvgIpc) is 2.87. The monoisotopic (exact) mass is 274 g/mol. The van der Waals surface area contributed by atoms with Crippen LogP contribution in [0.15, 0.2) is 30.5 Å². The predicted molar refractivity (Wildman–Crippen MR) is 80.7 cm³/mol. The fraction of sp³-hybridized carbons (Fsp3) is 0.438. The molecule has 2 aromatic rings. The smallest absolute Gasteiger partial charge is 0.321 e. The first-order valence-electron chi connectivity index (χ1n) is 7.14. The van der Waals surface area contributed by atoms with Gasteiger partial charge in [-0.15, -0.1) is 0 Å². The van der Waals surface area contributed by atoms with E-state index in [2.05, 4.69) is 18.8 Å². The molecule has 0 spiro atoms. The summed E-state index contributed by atoms with van der Waals surface area (Å²) in [6, 6.07) is 7.07. The fourth-order valence-corrected chi connectivity index (χ4v) is 3.06. The van der Waals surface area contributed by atoms with Gasteiger partial charge >= 0.3 is 5.97 Å². The summed E-state index contributed by atoms with van der Waals surface area (Å²) in [7, 11) is 0. The van der Waals surface area contributed by atoms with Crippen LogP contribution < -0.4 is 5.73 Å². The summed E-state index contributed by atoms with van der Waals surface area (Å²) in [4.78, 5) is 14.6. The molecule has 108 valence electrons. The van der Waals surface area contributed by atoms with E-state index < -0.39 is 12.0 Å². The van der Waals surface area contributed by atoms with E-state index in [4.69, 9.17) is 5.73 Å². The second kappa shape index (κ2) is 6.09. The van der Waals surface area contributed by atoms with E-state index in [-0.39, 0.29) is 11.8 Å². The number of para-hydroxylation sites is 1. The van der Waals surface area contributed by atoms with Crippen molar-refractivity contribution >= 4 is 16.9 Å². The summed E-state index contributed by atoms with van der Waals surface area (Å²) in [5.41, 5.74) is 8.02. The van der Waals surface area contributed by atoms with Gasteiger partial charge in [0.25, 0.3) is 0 Å². The van der Waals surface area contributed by atoms with E-state index >= 15 is 0 Å². The molecule has 0 aliphatic carbocycles. The maximum absolute atomic E-state index is 11.4. The number of fused-ring (bicyclic) bond motifs is 1. The second-order valence-electron chi connectivity index (χ2n) is 5.26. The van der Waals surface area contributed by atoms with Gasteiger partial charge in [-0.2, -0.15) is 0 Å². The van der Waals surface area contributed by atoms with Gasteiger partial charge in [0.1, 0.15) is 6.04 Å². The largest absolute Gasteiger partial charge is 0.480 e. The molecule has 0 saturated carbocycles. The number of H-pyrrole nitrogens is 1. The van der Waals surface area contributed by atoms with Gasteiger partial charge in [-0.3, -0.25) is 4.79 Å². The molecule has 0 aliphatic rings. The van der Waals surface area contributed by atoms with Gasteiger partial charge < -0.3 is 15.8 Å². The number of hydrogen-bond acceptors (Lipinski definition) is 2. The van der Waals surface area contributed by atoms with Gasteiger partial charge in [0.2, 0.25) is 0 Å². The standard InChI is InChI=1S/C16H22N2O2/c1-3-10(4-2)14(15(17)16(19)20)12-9-18-13-8-6-5-7-11(12)13/h5-10,14-15,18H,3-4,17H2,1-2H3,(H,19,20)/t14-,15+/m1/s1. The highest BCUT2D eigenvalue weighted by atomic mass is 16.4. The van der Waals surface area contributed by atoms with E-state index in [1.165, 1.54) is 0 Å². The molecule has 4 heteroatoms. The molecule has 1 aromatic carbocycles. The summed E-state index contributed by atoms with van der Waals surface area (Å²) in [5, 5.41) is 10.4. The van der Waals surface area contributed by atoms with Gasteiger partial charge in [-0.1, -0.05) is 44.9 Å². The van der Waals surface area contributed by atoms with Crippen LogP contribution in [0.25, 0.3) is 10.9 Å². The van der Waals surface area contributed by atoms with Crippen LogP contribution in [0.1, 0.15) is 38.2 Å². The van der Waals surface area contributed by atoms with Crippen LogP contribution in [0.2, 0.25) is 0 Å². The Morgan fingerprint density at radius 3 is 2.55 bits per heavy atom. The third-order valence-corrected chi connectivity index (χ3v) is 4.21. The number of nitrogens with one attached hydrogen (secondary N) is 1. The number of aromatic amines is 1. The molecule has 4 N–H and O–H groups in total.